The van der Waals surface area contributed by atoms with E-state index in [1.54, 1.807) is 0 Å². The molecule has 0 aliphatic rings. The third-order valence-corrected chi connectivity index (χ3v) is 4.53. The van der Waals surface area contributed by atoms with E-state index in [4.69, 9.17) is 9.47 Å². The largest absolute Gasteiger partial charge is 0.346 e. The highest BCUT2D eigenvalue weighted by molar-refractivity contribution is 5.21. The van der Waals surface area contributed by atoms with Crippen LogP contribution in [0.1, 0.15) is 78.2 Å². The standard InChI is InChI=1S/C21H36O2/c1-5-8-9-10-11-13-16-19(4)21(22-6-2,23-7-3)20-17-14-12-15-18-20/h12,14-15,17-19H,5-11,13,16H2,1-4H3. The molecule has 0 fully saturated rings. The fraction of sp³-hybridized carbons (Fsp3) is 0.714. The lowest BCUT2D eigenvalue weighted by Gasteiger charge is -2.39. The molecule has 1 rings (SSSR count). The minimum Gasteiger partial charge on any atom is -0.346 e. The molecule has 0 radical (unpaired) electrons. The maximum atomic E-state index is 6.19. The predicted octanol–water partition coefficient (Wildman–Crippen LogP) is 6.30. The van der Waals surface area contributed by atoms with Crippen molar-refractivity contribution in [3.63, 3.8) is 0 Å². The molecule has 132 valence electrons. The van der Waals surface area contributed by atoms with Crippen LogP contribution in [-0.4, -0.2) is 13.2 Å². The molecule has 0 spiro atoms. The van der Waals surface area contributed by atoms with Gasteiger partial charge >= 0.3 is 0 Å². The molecule has 0 heterocycles. The van der Waals surface area contributed by atoms with Gasteiger partial charge in [0.15, 0.2) is 5.79 Å². The minimum atomic E-state index is -0.603. The van der Waals surface area contributed by atoms with Gasteiger partial charge in [0.25, 0.3) is 0 Å². The van der Waals surface area contributed by atoms with Gasteiger partial charge in [0.1, 0.15) is 0 Å². The van der Waals surface area contributed by atoms with Crippen molar-refractivity contribution in [2.45, 2.75) is 78.4 Å². The zero-order valence-electron chi connectivity index (χ0n) is 15.6. The Labute approximate surface area is 143 Å². The lowest BCUT2D eigenvalue weighted by atomic mass is 9.88. The molecule has 0 aromatic heterocycles. The van der Waals surface area contributed by atoms with Gasteiger partial charge in [-0.25, -0.2) is 0 Å². The van der Waals surface area contributed by atoms with Crippen LogP contribution in [0.4, 0.5) is 0 Å². The van der Waals surface area contributed by atoms with E-state index >= 15 is 0 Å². The summed E-state index contributed by atoms with van der Waals surface area (Å²) in [6.07, 6.45) is 9.09. The van der Waals surface area contributed by atoms with Crippen LogP contribution in [0.5, 0.6) is 0 Å². The number of hydrogen-bond acceptors (Lipinski definition) is 2. The Bertz CT molecular complexity index is 382. The molecular formula is C21H36O2. The zero-order valence-corrected chi connectivity index (χ0v) is 15.6. The molecule has 1 atom stereocenters. The van der Waals surface area contributed by atoms with E-state index in [0.717, 1.165) is 12.0 Å². The lowest BCUT2D eigenvalue weighted by molar-refractivity contribution is -0.272. The van der Waals surface area contributed by atoms with Crippen LogP contribution in [-0.2, 0) is 15.3 Å². The van der Waals surface area contributed by atoms with E-state index in [9.17, 15) is 0 Å². The summed E-state index contributed by atoms with van der Waals surface area (Å²) in [7, 11) is 0. The van der Waals surface area contributed by atoms with Crippen LogP contribution in [0, 0.1) is 5.92 Å². The molecule has 2 heteroatoms. The Hall–Kier alpha value is -0.860. The summed E-state index contributed by atoms with van der Waals surface area (Å²) < 4.78 is 12.4. The average Bonchev–Trinajstić information content (AvgIpc) is 2.58. The third-order valence-electron chi connectivity index (χ3n) is 4.53. The third kappa shape index (κ3) is 6.27. The first-order chi connectivity index (χ1) is 11.2. The molecule has 0 aliphatic heterocycles. The van der Waals surface area contributed by atoms with Crippen molar-refractivity contribution in [1.29, 1.82) is 0 Å². The first kappa shape index (κ1) is 20.2. The van der Waals surface area contributed by atoms with E-state index in [2.05, 4.69) is 38.1 Å². The predicted molar refractivity (Wildman–Crippen MR) is 98.5 cm³/mol. The first-order valence-electron chi connectivity index (χ1n) is 9.54. The van der Waals surface area contributed by atoms with Crippen molar-refractivity contribution in [1.82, 2.24) is 0 Å². The number of ether oxygens (including phenoxy) is 2. The van der Waals surface area contributed by atoms with Crippen LogP contribution in [0.3, 0.4) is 0 Å². The molecule has 0 bridgehead atoms. The van der Waals surface area contributed by atoms with Gasteiger partial charge in [-0.3, -0.25) is 0 Å². The second kappa shape index (κ2) is 11.6. The Kier molecular flexibility index (Phi) is 10.2. The summed E-state index contributed by atoms with van der Waals surface area (Å²) >= 11 is 0. The van der Waals surface area contributed by atoms with Crippen LogP contribution < -0.4 is 0 Å². The molecule has 1 aromatic rings. The summed E-state index contributed by atoms with van der Waals surface area (Å²) in [5, 5.41) is 0. The molecule has 0 saturated heterocycles. The summed E-state index contributed by atoms with van der Waals surface area (Å²) in [6.45, 7) is 9.96. The highest BCUT2D eigenvalue weighted by Crippen LogP contribution is 2.38. The fourth-order valence-corrected chi connectivity index (χ4v) is 3.30. The smallest absolute Gasteiger partial charge is 0.197 e. The van der Waals surface area contributed by atoms with Gasteiger partial charge in [-0.15, -0.1) is 0 Å². The van der Waals surface area contributed by atoms with Gasteiger partial charge in [-0.1, -0.05) is 82.7 Å². The van der Waals surface area contributed by atoms with Crippen molar-refractivity contribution >= 4 is 0 Å². The van der Waals surface area contributed by atoms with Crippen molar-refractivity contribution in [2.24, 2.45) is 5.92 Å². The maximum absolute atomic E-state index is 6.19. The molecular weight excluding hydrogens is 284 g/mol. The number of unbranched alkanes of at least 4 members (excludes halogenated alkanes) is 5. The van der Waals surface area contributed by atoms with E-state index in [0.29, 0.717) is 19.1 Å². The van der Waals surface area contributed by atoms with E-state index in [-0.39, 0.29) is 0 Å². The quantitative estimate of drug-likeness (QED) is 0.314. The summed E-state index contributed by atoms with van der Waals surface area (Å²) in [5.41, 5.74) is 1.14. The Morgan fingerprint density at radius 2 is 1.39 bits per heavy atom. The van der Waals surface area contributed by atoms with Crippen molar-refractivity contribution in [3.8, 4) is 0 Å². The summed E-state index contributed by atoms with van der Waals surface area (Å²) in [6, 6.07) is 10.4. The van der Waals surface area contributed by atoms with Crippen LogP contribution in [0.2, 0.25) is 0 Å². The highest BCUT2D eigenvalue weighted by Gasteiger charge is 2.39. The van der Waals surface area contributed by atoms with Gasteiger partial charge in [0.05, 0.1) is 0 Å². The van der Waals surface area contributed by atoms with Crippen molar-refractivity contribution in [3.05, 3.63) is 35.9 Å². The molecule has 0 N–H and O–H groups in total. The van der Waals surface area contributed by atoms with E-state index in [1.165, 1.54) is 38.5 Å². The fourth-order valence-electron chi connectivity index (χ4n) is 3.30. The molecule has 0 amide bonds. The second-order valence-corrected chi connectivity index (χ2v) is 6.36. The summed E-state index contributed by atoms with van der Waals surface area (Å²) in [4.78, 5) is 0. The van der Waals surface area contributed by atoms with Gasteiger partial charge in [0, 0.05) is 24.7 Å². The normalized spacial score (nSPS) is 13.2. The molecule has 0 aliphatic carbocycles. The molecule has 1 unspecified atom stereocenters. The Morgan fingerprint density at radius 3 is 1.96 bits per heavy atom. The number of hydrogen-bond donors (Lipinski definition) is 0. The van der Waals surface area contributed by atoms with E-state index in [1.807, 2.05) is 19.9 Å². The SMILES string of the molecule is CCCCCCCCC(C)C(OCC)(OCC)c1ccccc1. The van der Waals surface area contributed by atoms with Gasteiger partial charge < -0.3 is 9.47 Å². The number of benzene rings is 1. The zero-order chi connectivity index (χ0) is 17.0. The summed E-state index contributed by atoms with van der Waals surface area (Å²) in [5.74, 6) is -0.260. The molecule has 23 heavy (non-hydrogen) atoms. The van der Waals surface area contributed by atoms with Crippen molar-refractivity contribution < 1.29 is 9.47 Å². The van der Waals surface area contributed by atoms with Gasteiger partial charge in [-0.2, -0.15) is 0 Å². The van der Waals surface area contributed by atoms with Crippen LogP contribution >= 0.6 is 0 Å². The lowest BCUT2D eigenvalue weighted by Crippen LogP contribution is -2.40. The Balaban J connectivity index is 2.70. The van der Waals surface area contributed by atoms with E-state index < -0.39 is 5.79 Å². The van der Waals surface area contributed by atoms with Gasteiger partial charge in [0.2, 0.25) is 0 Å². The van der Waals surface area contributed by atoms with Crippen LogP contribution in [0.15, 0.2) is 30.3 Å². The average molecular weight is 321 g/mol. The van der Waals surface area contributed by atoms with Crippen LogP contribution in [0.25, 0.3) is 0 Å². The molecule has 1 aromatic carbocycles. The first-order valence-corrected chi connectivity index (χ1v) is 9.54. The van der Waals surface area contributed by atoms with Gasteiger partial charge in [-0.05, 0) is 20.3 Å². The second-order valence-electron chi connectivity index (χ2n) is 6.36. The maximum Gasteiger partial charge on any atom is 0.197 e. The monoisotopic (exact) mass is 320 g/mol. The topological polar surface area (TPSA) is 18.5 Å². The van der Waals surface area contributed by atoms with Crippen molar-refractivity contribution in [2.75, 3.05) is 13.2 Å². The highest BCUT2D eigenvalue weighted by atomic mass is 16.7. The molecule has 0 saturated carbocycles. The minimum absolute atomic E-state index is 0.343. The molecule has 2 nitrogen and oxygen atoms in total. The Morgan fingerprint density at radius 1 is 0.826 bits per heavy atom. The number of rotatable bonds is 13.